The highest BCUT2D eigenvalue weighted by atomic mass is 16.6. The Morgan fingerprint density at radius 2 is 1.65 bits per heavy atom. The van der Waals surface area contributed by atoms with E-state index < -0.39 is 17.8 Å². The Morgan fingerprint density at radius 3 is 2.30 bits per heavy atom. The van der Waals surface area contributed by atoms with Crippen molar-refractivity contribution in [3.63, 3.8) is 0 Å². The number of hydrogen-bond donors (Lipinski definition) is 3. The lowest BCUT2D eigenvalue weighted by Crippen LogP contribution is -2.33. The highest BCUT2D eigenvalue weighted by molar-refractivity contribution is 5.76. The van der Waals surface area contributed by atoms with E-state index in [0.717, 1.165) is 30.5 Å². The fourth-order valence-electron chi connectivity index (χ4n) is 4.18. The molecule has 0 saturated heterocycles. The van der Waals surface area contributed by atoms with E-state index in [1.807, 2.05) is 75.4 Å². The normalized spacial score (nSPS) is 12.0. The first-order valence-electron chi connectivity index (χ1n) is 13.7. The van der Waals surface area contributed by atoms with Gasteiger partial charge in [0, 0.05) is 19.6 Å². The van der Waals surface area contributed by atoms with Gasteiger partial charge in [-0.1, -0.05) is 66.7 Å². The average Bonchev–Trinajstić information content (AvgIpc) is 2.92. The molecule has 0 aliphatic carbocycles. The van der Waals surface area contributed by atoms with E-state index in [1.165, 1.54) is 0 Å². The van der Waals surface area contributed by atoms with Crippen LogP contribution in [0.2, 0.25) is 0 Å². The van der Waals surface area contributed by atoms with Crippen LogP contribution in [-0.2, 0) is 22.7 Å². The Morgan fingerprint density at radius 1 is 0.975 bits per heavy atom. The van der Waals surface area contributed by atoms with Gasteiger partial charge in [-0.25, -0.2) is 4.79 Å². The molecule has 8 nitrogen and oxygen atoms in total. The van der Waals surface area contributed by atoms with Crippen LogP contribution in [0.3, 0.4) is 0 Å². The highest BCUT2D eigenvalue weighted by Crippen LogP contribution is 2.29. The second kappa shape index (κ2) is 15.6. The maximum Gasteiger partial charge on any atom is 0.407 e. The van der Waals surface area contributed by atoms with Gasteiger partial charge in [0.05, 0.1) is 11.8 Å². The van der Waals surface area contributed by atoms with Gasteiger partial charge in [0.1, 0.15) is 18.0 Å². The van der Waals surface area contributed by atoms with Crippen LogP contribution in [0, 0.1) is 0 Å². The minimum absolute atomic E-state index is 0.365. The lowest BCUT2D eigenvalue weighted by atomic mass is 10.1. The summed E-state index contributed by atoms with van der Waals surface area (Å²) in [5, 5.41) is 16.7. The summed E-state index contributed by atoms with van der Waals surface area (Å²) in [5.41, 5.74) is 2.82. The smallest absolute Gasteiger partial charge is 0.407 e. The molecule has 0 spiro atoms. The minimum Gasteiger partial charge on any atom is -0.487 e. The number of aliphatic hydroxyl groups excluding tert-OH is 1. The summed E-state index contributed by atoms with van der Waals surface area (Å²) < 4.78 is 11.2. The average molecular weight is 548 g/mol. The van der Waals surface area contributed by atoms with E-state index >= 15 is 0 Å². The van der Waals surface area contributed by atoms with E-state index in [2.05, 4.69) is 27.7 Å². The third-order valence-corrected chi connectivity index (χ3v) is 6.09. The van der Waals surface area contributed by atoms with Crippen molar-refractivity contribution in [1.82, 2.24) is 10.2 Å². The molecule has 0 bridgehead atoms. The van der Waals surface area contributed by atoms with Crippen LogP contribution in [0.15, 0.2) is 78.9 Å². The van der Waals surface area contributed by atoms with Crippen molar-refractivity contribution in [2.24, 2.45) is 0 Å². The van der Waals surface area contributed by atoms with Crippen molar-refractivity contribution in [2.45, 2.75) is 58.5 Å². The molecule has 0 radical (unpaired) electrons. The van der Waals surface area contributed by atoms with Crippen LogP contribution in [0.4, 0.5) is 10.5 Å². The van der Waals surface area contributed by atoms with E-state index in [-0.39, 0.29) is 0 Å². The molecule has 8 heteroatoms. The number of anilines is 1. The largest absolute Gasteiger partial charge is 0.487 e. The number of nitrogens with zero attached hydrogens (tertiary/aromatic N) is 1. The SMILES string of the molecule is CC(C)(C)OC(=O)NCCCCN(Cc1ccccc1)CC(O)c1ccc(OCc2ccccc2)c(NC=O)c1. The third-order valence-electron chi connectivity index (χ3n) is 6.09. The van der Waals surface area contributed by atoms with Gasteiger partial charge in [0.25, 0.3) is 0 Å². The molecule has 3 aromatic rings. The number of ether oxygens (including phenoxy) is 2. The van der Waals surface area contributed by atoms with Crippen LogP contribution in [0.5, 0.6) is 5.75 Å². The molecule has 3 aromatic carbocycles. The van der Waals surface area contributed by atoms with Crippen LogP contribution < -0.4 is 15.4 Å². The molecule has 0 aliphatic heterocycles. The van der Waals surface area contributed by atoms with Crippen molar-refractivity contribution >= 4 is 18.2 Å². The molecule has 0 heterocycles. The first-order valence-corrected chi connectivity index (χ1v) is 13.7. The lowest BCUT2D eigenvalue weighted by molar-refractivity contribution is -0.105. The first kappa shape index (κ1) is 30.7. The summed E-state index contributed by atoms with van der Waals surface area (Å²) in [5.74, 6) is 0.533. The van der Waals surface area contributed by atoms with Gasteiger partial charge in [-0.15, -0.1) is 0 Å². The van der Waals surface area contributed by atoms with E-state index in [9.17, 15) is 14.7 Å². The number of carbonyl (C=O) groups is 2. The van der Waals surface area contributed by atoms with Crippen molar-refractivity contribution in [3.05, 3.63) is 95.6 Å². The minimum atomic E-state index is -0.779. The maximum atomic E-state index is 11.9. The molecule has 0 saturated carbocycles. The molecular formula is C32H41N3O5. The van der Waals surface area contributed by atoms with E-state index in [1.54, 1.807) is 12.1 Å². The molecular weight excluding hydrogens is 506 g/mol. The quantitative estimate of drug-likeness (QED) is 0.167. The van der Waals surface area contributed by atoms with Gasteiger partial charge in [-0.05, 0) is 69.0 Å². The van der Waals surface area contributed by atoms with Crippen molar-refractivity contribution < 1.29 is 24.2 Å². The summed E-state index contributed by atoms with van der Waals surface area (Å²) in [7, 11) is 0. The molecule has 1 atom stereocenters. The molecule has 40 heavy (non-hydrogen) atoms. The Kier molecular flexibility index (Phi) is 12.0. The highest BCUT2D eigenvalue weighted by Gasteiger charge is 2.18. The van der Waals surface area contributed by atoms with Gasteiger partial charge in [-0.2, -0.15) is 0 Å². The van der Waals surface area contributed by atoms with E-state index in [4.69, 9.17) is 9.47 Å². The predicted octanol–water partition coefficient (Wildman–Crippen LogP) is 5.67. The monoisotopic (exact) mass is 547 g/mol. The molecule has 2 amide bonds. The number of aliphatic hydroxyl groups is 1. The topological polar surface area (TPSA) is 100 Å². The molecule has 214 valence electrons. The zero-order valence-electron chi connectivity index (χ0n) is 23.6. The number of benzene rings is 3. The number of rotatable bonds is 15. The van der Waals surface area contributed by atoms with Crippen LogP contribution in [0.25, 0.3) is 0 Å². The van der Waals surface area contributed by atoms with Crippen LogP contribution in [-0.4, -0.2) is 47.7 Å². The summed E-state index contributed by atoms with van der Waals surface area (Å²) in [6, 6.07) is 25.2. The molecule has 1 unspecified atom stereocenters. The zero-order valence-corrected chi connectivity index (χ0v) is 23.6. The fraction of sp³-hybridized carbons (Fsp3) is 0.375. The Bertz CT molecular complexity index is 1180. The first-order chi connectivity index (χ1) is 19.2. The molecule has 3 rings (SSSR count). The second-order valence-electron chi connectivity index (χ2n) is 10.7. The molecule has 0 aromatic heterocycles. The summed E-state index contributed by atoms with van der Waals surface area (Å²) >= 11 is 0. The number of alkyl carbamates (subject to hydrolysis) is 1. The zero-order chi connectivity index (χ0) is 28.8. The Labute approximate surface area is 237 Å². The van der Waals surface area contributed by atoms with Gasteiger partial charge in [-0.3, -0.25) is 9.69 Å². The Balaban J connectivity index is 1.61. The number of hydrogen-bond acceptors (Lipinski definition) is 6. The van der Waals surface area contributed by atoms with Gasteiger partial charge >= 0.3 is 6.09 Å². The standard InChI is InChI=1S/C32H41N3O5/c1-32(2,3)40-31(38)33-18-10-11-19-35(21-25-12-6-4-7-13-25)22-29(37)27-16-17-30(28(20-27)34-24-36)39-23-26-14-8-5-9-15-26/h4-9,12-17,20,24,29,37H,10-11,18-19,21-23H2,1-3H3,(H,33,38)(H,34,36). The molecule has 0 fully saturated rings. The maximum absolute atomic E-state index is 11.9. The molecule has 0 aliphatic rings. The van der Waals surface area contributed by atoms with Gasteiger partial charge in [0.15, 0.2) is 0 Å². The summed E-state index contributed by atoms with van der Waals surface area (Å²) in [6.07, 6.45) is 1.02. The number of nitrogens with one attached hydrogen (secondary N) is 2. The fourth-order valence-corrected chi connectivity index (χ4v) is 4.18. The van der Waals surface area contributed by atoms with Crippen LogP contribution >= 0.6 is 0 Å². The number of carbonyl (C=O) groups excluding carboxylic acids is 2. The number of unbranched alkanes of at least 4 members (excludes halogenated alkanes) is 1. The van der Waals surface area contributed by atoms with Crippen molar-refractivity contribution in [3.8, 4) is 5.75 Å². The number of amides is 2. The molecule has 3 N–H and O–H groups in total. The third kappa shape index (κ3) is 11.1. The van der Waals surface area contributed by atoms with Crippen LogP contribution in [0.1, 0.15) is 56.4 Å². The van der Waals surface area contributed by atoms with Crippen molar-refractivity contribution in [1.29, 1.82) is 0 Å². The lowest BCUT2D eigenvalue weighted by Gasteiger charge is -2.26. The van der Waals surface area contributed by atoms with Gasteiger partial charge < -0.3 is 25.2 Å². The van der Waals surface area contributed by atoms with Gasteiger partial charge in [0.2, 0.25) is 6.41 Å². The summed E-state index contributed by atoms with van der Waals surface area (Å²) in [6.45, 7) is 8.20. The predicted molar refractivity (Wildman–Crippen MR) is 157 cm³/mol. The Hall–Kier alpha value is -3.88. The second-order valence-corrected chi connectivity index (χ2v) is 10.7. The summed E-state index contributed by atoms with van der Waals surface area (Å²) in [4.78, 5) is 25.4. The van der Waals surface area contributed by atoms with Crippen molar-refractivity contribution in [2.75, 3.05) is 25.0 Å². The van der Waals surface area contributed by atoms with E-state index in [0.29, 0.717) is 49.7 Å².